The number of oxime groups is 1. The highest BCUT2D eigenvalue weighted by Crippen LogP contribution is 2.24. The number of carbonyl (C=O) groups is 1. The van der Waals surface area contributed by atoms with Crippen LogP contribution in [-0.2, 0) is 4.84 Å². The first kappa shape index (κ1) is 13.1. The molecule has 6 nitrogen and oxygen atoms in total. The quantitative estimate of drug-likeness (QED) is 0.427. The third kappa shape index (κ3) is 3.84. The Morgan fingerprint density at radius 1 is 1.53 bits per heavy atom. The van der Waals surface area contributed by atoms with E-state index in [0.29, 0.717) is 10.7 Å². The van der Waals surface area contributed by atoms with E-state index in [-0.39, 0.29) is 5.96 Å². The summed E-state index contributed by atoms with van der Waals surface area (Å²) in [6, 6.07) is 4.76. The van der Waals surface area contributed by atoms with Crippen molar-refractivity contribution in [1.82, 2.24) is 5.32 Å². The second-order valence-electron chi connectivity index (χ2n) is 3.17. The van der Waals surface area contributed by atoms with Gasteiger partial charge >= 0.3 is 6.03 Å². The monoisotopic (exact) mass is 256 g/mol. The summed E-state index contributed by atoms with van der Waals surface area (Å²) in [5.41, 5.74) is 6.70. The number of nitrogens with zero attached hydrogens (tertiary/aromatic N) is 1. The Morgan fingerprint density at radius 3 is 2.82 bits per heavy atom. The third-order valence-corrected chi connectivity index (χ3v) is 2.21. The molecule has 1 aromatic carbocycles. The number of nitrogens with two attached hydrogens (primary N) is 1. The minimum atomic E-state index is -0.542. The van der Waals surface area contributed by atoms with E-state index >= 15 is 0 Å². The fourth-order valence-corrected chi connectivity index (χ4v) is 1.44. The van der Waals surface area contributed by atoms with E-state index in [1.165, 1.54) is 7.11 Å². The Kier molecular flexibility index (Phi) is 4.59. The molecule has 0 saturated heterocycles. The van der Waals surface area contributed by atoms with Crippen molar-refractivity contribution in [2.45, 2.75) is 6.92 Å². The van der Waals surface area contributed by atoms with Gasteiger partial charge in [-0.05, 0) is 23.7 Å². The van der Waals surface area contributed by atoms with Crippen LogP contribution in [0.15, 0.2) is 23.4 Å². The number of para-hydroxylation sites is 1. The van der Waals surface area contributed by atoms with E-state index in [2.05, 4.69) is 20.6 Å². The highest BCUT2D eigenvalue weighted by atomic mass is 35.5. The Hall–Kier alpha value is -1.95. The van der Waals surface area contributed by atoms with Crippen LogP contribution < -0.4 is 16.4 Å². The number of benzene rings is 1. The van der Waals surface area contributed by atoms with Gasteiger partial charge in [0.15, 0.2) is 0 Å². The summed E-state index contributed by atoms with van der Waals surface area (Å²) in [5, 5.41) is 8.63. The molecule has 0 aliphatic heterocycles. The molecule has 1 rings (SSSR count). The van der Waals surface area contributed by atoms with Crippen LogP contribution in [0.2, 0.25) is 5.02 Å². The highest BCUT2D eigenvalue weighted by molar-refractivity contribution is 6.34. The molecule has 0 radical (unpaired) electrons. The van der Waals surface area contributed by atoms with Crippen molar-refractivity contribution in [2.75, 3.05) is 12.4 Å². The van der Waals surface area contributed by atoms with Crippen molar-refractivity contribution < 1.29 is 9.63 Å². The first-order chi connectivity index (χ1) is 8.04. The van der Waals surface area contributed by atoms with Crippen LogP contribution in [0.5, 0.6) is 0 Å². The topological polar surface area (TPSA) is 88.7 Å². The largest absolute Gasteiger partial charge is 0.396 e. The standard InChI is InChI=1S/C10H13ClN4O2/c1-6-4-3-5-7(11)8(6)13-10(16)14-9(12)15-17-2/h3-5H,1-2H3,(H4,12,13,14,15,16). The molecule has 0 aliphatic carbocycles. The van der Waals surface area contributed by atoms with Gasteiger partial charge in [0.1, 0.15) is 7.11 Å². The van der Waals surface area contributed by atoms with Gasteiger partial charge in [0.2, 0.25) is 5.96 Å². The molecule has 0 aliphatic rings. The normalized spacial score (nSPS) is 10.9. The van der Waals surface area contributed by atoms with Gasteiger partial charge in [0, 0.05) is 0 Å². The number of urea groups is 1. The molecule has 0 saturated carbocycles. The zero-order valence-electron chi connectivity index (χ0n) is 9.45. The summed E-state index contributed by atoms with van der Waals surface area (Å²) >= 11 is 5.94. The van der Waals surface area contributed by atoms with E-state index in [1.807, 2.05) is 13.0 Å². The minimum absolute atomic E-state index is 0.144. The maximum absolute atomic E-state index is 11.5. The van der Waals surface area contributed by atoms with Gasteiger partial charge in [-0.3, -0.25) is 5.32 Å². The average Bonchev–Trinajstić information content (AvgIpc) is 2.24. The van der Waals surface area contributed by atoms with E-state index in [0.717, 1.165) is 5.56 Å². The molecular weight excluding hydrogens is 244 g/mol. The molecule has 2 amide bonds. The number of hydrogen-bond donors (Lipinski definition) is 3. The predicted octanol–water partition coefficient (Wildman–Crippen LogP) is 1.65. The van der Waals surface area contributed by atoms with Crippen molar-refractivity contribution in [3.8, 4) is 0 Å². The van der Waals surface area contributed by atoms with Crippen LogP contribution >= 0.6 is 11.6 Å². The summed E-state index contributed by atoms with van der Waals surface area (Å²) in [4.78, 5) is 15.9. The van der Waals surface area contributed by atoms with Crippen molar-refractivity contribution in [3.63, 3.8) is 0 Å². The number of guanidine groups is 1. The number of carbonyl (C=O) groups excluding carboxylic acids is 1. The molecule has 7 heteroatoms. The van der Waals surface area contributed by atoms with Gasteiger partial charge in [-0.15, -0.1) is 0 Å². The SMILES string of the molecule is CON=C(N)NC(=O)Nc1c(C)cccc1Cl. The number of hydrogen-bond acceptors (Lipinski definition) is 3. The lowest BCUT2D eigenvalue weighted by Gasteiger charge is -2.10. The summed E-state index contributed by atoms with van der Waals surface area (Å²) < 4.78 is 0. The van der Waals surface area contributed by atoms with Crippen molar-refractivity contribution in [3.05, 3.63) is 28.8 Å². The van der Waals surface area contributed by atoms with Crippen molar-refractivity contribution in [1.29, 1.82) is 0 Å². The van der Waals surface area contributed by atoms with E-state index < -0.39 is 6.03 Å². The number of rotatable bonds is 2. The molecule has 0 fully saturated rings. The molecule has 0 aromatic heterocycles. The summed E-state index contributed by atoms with van der Waals surface area (Å²) in [7, 11) is 1.32. The van der Waals surface area contributed by atoms with Crippen LogP contribution in [0.1, 0.15) is 5.56 Å². The van der Waals surface area contributed by atoms with Gasteiger partial charge in [-0.1, -0.05) is 23.7 Å². The number of halogens is 1. The van der Waals surface area contributed by atoms with E-state index in [9.17, 15) is 4.79 Å². The third-order valence-electron chi connectivity index (χ3n) is 1.89. The van der Waals surface area contributed by atoms with Crippen LogP contribution in [0.4, 0.5) is 10.5 Å². The van der Waals surface area contributed by atoms with E-state index in [4.69, 9.17) is 17.3 Å². The van der Waals surface area contributed by atoms with Crippen LogP contribution in [-0.4, -0.2) is 19.1 Å². The minimum Gasteiger partial charge on any atom is -0.396 e. The smallest absolute Gasteiger partial charge is 0.326 e. The highest BCUT2D eigenvalue weighted by Gasteiger charge is 2.08. The van der Waals surface area contributed by atoms with Crippen LogP contribution in [0.3, 0.4) is 0 Å². The Labute approximate surface area is 104 Å². The lowest BCUT2D eigenvalue weighted by Crippen LogP contribution is -2.39. The van der Waals surface area contributed by atoms with Crippen molar-refractivity contribution >= 4 is 29.3 Å². The van der Waals surface area contributed by atoms with Gasteiger partial charge in [-0.2, -0.15) is 0 Å². The molecule has 17 heavy (non-hydrogen) atoms. The number of anilines is 1. The Balaban J connectivity index is 2.72. The second-order valence-corrected chi connectivity index (χ2v) is 3.58. The number of aryl methyl sites for hydroxylation is 1. The summed E-state index contributed by atoms with van der Waals surface area (Å²) in [6.07, 6.45) is 0. The summed E-state index contributed by atoms with van der Waals surface area (Å²) in [6.45, 7) is 1.83. The maximum atomic E-state index is 11.5. The van der Waals surface area contributed by atoms with Gasteiger partial charge in [0.25, 0.3) is 0 Å². The molecule has 0 unspecified atom stereocenters. The number of nitrogens with one attached hydrogen (secondary N) is 2. The maximum Gasteiger partial charge on any atom is 0.326 e. The lowest BCUT2D eigenvalue weighted by molar-refractivity contribution is 0.211. The number of amides is 2. The average molecular weight is 257 g/mol. The molecule has 0 heterocycles. The Morgan fingerprint density at radius 2 is 2.24 bits per heavy atom. The fourth-order valence-electron chi connectivity index (χ4n) is 1.17. The van der Waals surface area contributed by atoms with Gasteiger partial charge in [0.05, 0.1) is 10.7 Å². The lowest BCUT2D eigenvalue weighted by atomic mass is 10.2. The molecule has 0 atom stereocenters. The summed E-state index contributed by atoms with van der Waals surface area (Å²) in [5.74, 6) is -0.144. The van der Waals surface area contributed by atoms with Crippen LogP contribution in [0, 0.1) is 6.92 Å². The van der Waals surface area contributed by atoms with Gasteiger partial charge in [-0.25, -0.2) is 4.79 Å². The molecule has 92 valence electrons. The zero-order valence-corrected chi connectivity index (χ0v) is 10.2. The first-order valence-electron chi connectivity index (χ1n) is 4.74. The van der Waals surface area contributed by atoms with Gasteiger partial charge < -0.3 is 15.9 Å². The first-order valence-corrected chi connectivity index (χ1v) is 5.12. The van der Waals surface area contributed by atoms with Crippen molar-refractivity contribution in [2.24, 2.45) is 10.9 Å². The molecular formula is C10H13ClN4O2. The molecule has 0 spiro atoms. The zero-order chi connectivity index (χ0) is 12.8. The molecule has 0 bridgehead atoms. The second kappa shape index (κ2) is 5.95. The fraction of sp³-hybridized carbons (Fsp3) is 0.200. The Bertz CT molecular complexity index is 428. The molecule has 1 aromatic rings. The predicted molar refractivity (Wildman–Crippen MR) is 67.0 cm³/mol. The van der Waals surface area contributed by atoms with E-state index in [1.54, 1.807) is 12.1 Å². The molecule has 4 N–H and O–H groups in total. The van der Waals surface area contributed by atoms with Crippen LogP contribution in [0.25, 0.3) is 0 Å².